The molecule has 1 aliphatic heterocycles. The molecule has 1 aromatic rings. The second-order valence-corrected chi connectivity index (χ2v) is 5.27. The Morgan fingerprint density at radius 1 is 1.43 bits per heavy atom. The Morgan fingerprint density at radius 2 is 2.19 bits per heavy atom. The maximum absolute atomic E-state index is 12.0. The lowest BCUT2D eigenvalue weighted by Crippen LogP contribution is -2.43. The molecule has 0 aromatic heterocycles. The molecule has 0 aliphatic carbocycles. The molecule has 2 atom stereocenters. The number of carbonyl (C=O) groups is 2. The lowest BCUT2D eigenvalue weighted by atomic mass is 10.1. The fourth-order valence-corrected chi connectivity index (χ4v) is 2.34. The summed E-state index contributed by atoms with van der Waals surface area (Å²) in [7, 11) is 0. The first-order chi connectivity index (χ1) is 9.97. The molecule has 0 saturated carbocycles. The van der Waals surface area contributed by atoms with E-state index < -0.39 is 5.97 Å². The number of anilines is 1. The maximum Gasteiger partial charge on any atom is 0.335 e. The molecule has 1 fully saturated rings. The van der Waals surface area contributed by atoms with Crippen LogP contribution in [0.15, 0.2) is 18.2 Å². The quantitative estimate of drug-likeness (QED) is 0.795. The molecule has 2 rings (SSSR count). The van der Waals surface area contributed by atoms with Crippen molar-refractivity contribution in [1.29, 1.82) is 0 Å². The smallest absolute Gasteiger partial charge is 0.335 e. The van der Waals surface area contributed by atoms with Crippen molar-refractivity contribution in [2.75, 3.05) is 11.9 Å². The van der Waals surface area contributed by atoms with Gasteiger partial charge < -0.3 is 20.5 Å². The van der Waals surface area contributed by atoms with Crippen LogP contribution in [0.3, 0.4) is 0 Å². The van der Waals surface area contributed by atoms with Gasteiger partial charge in [0.05, 0.1) is 17.7 Å². The summed E-state index contributed by atoms with van der Waals surface area (Å²) in [5, 5.41) is 14.5. The van der Waals surface area contributed by atoms with Gasteiger partial charge in [-0.05, 0) is 44.4 Å². The molecule has 3 N–H and O–H groups in total. The van der Waals surface area contributed by atoms with E-state index in [0.29, 0.717) is 5.69 Å². The Labute approximate surface area is 123 Å². The van der Waals surface area contributed by atoms with E-state index in [1.54, 1.807) is 6.07 Å². The number of hydrogen-bond donors (Lipinski definition) is 3. The number of benzene rings is 1. The lowest BCUT2D eigenvalue weighted by molar-refractivity contribution is 0.0697. The molecule has 6 nitrogen and oxygen atoms in total. The summed E-state index contributed by atoms with van der Waals surface area (Å²) < 4.78 is 5.52. The highest BCUT2D eigenvalue weighted by Crippen LogP contribution is 2.18. The zero-order chi connectivity index (χ0) is 15.4. The third kappa shape index (κ3) is 3.95. The average Bonchev–Trinajstić information content (AvgIpc) is 2.95. The summed E-state index contributed by atoms with van der Waals surface area (Å²) in [6.07, 6.45) is 2.00. The molecule has 2 unspecified atom stereocenters. The van der Waals surface area contributed by atoms with Gasteiger partial charge in [0.15, 0.2) is 0 Å². The molecule has 1 aliphatic rings. The van der Waals surface area contributed by atoms with Gasteiger partial charge >= 0.3 is 12.0 Å². The number of amides is 2. The van der Waals surface area contributed by atoms with Crippen LogP contribution >= 0.6 is 0 Å². The summed E-state index contributed by atoms with van der Waals surface area (Å²) in [4.78, 5) is 22.9. The molecule has 1 heterocycles. The Morgan fingerprint density at radius 3 is 2.81 bits per heavy atom. The highest BCUT2D eigenvalue weighted by atomic mass is 16.5. The SMILES string of the molecule is Cc1ccc(C(=O)O)cc1NC(=O)NC(C)C1CCCO1. The van der Waals surface area contributed by atoms with E-state index in [1.807, 2.05) is 13.8 Å². The third-order valence-corrected chi connectivity index (χ3v) is 3.61. The Balaban J connectivity index is 1.98. The highest BCUT2D eigenvalue weighted by molar-refractivity contribution is 5.94. The number of carbonyl (C=O) groups excluding carboxylic acids is 1. The van der Waals surface area contributed by atoms with Gasteiger partial charge in [-0.25, -0.2) is 9.59 Å². The third-order valence-electron chi connectivity index (χ3n) is 3.61. The van der Waals surface area contributed by atoms with Gasteiger partial charge in [-0.15, -0.1) is 0 Å². The van der Waals surface area contributed by atoms with Gasteiger partial charge in [0.2, 0.25) is 0 Å². The predicted molar refractivity (Wildman–Crippen MR) is 78.7 cm³/mol. The highest BCUT2D eigenvalue weighted by Gasteiger charge is 2.23. The maximum atomic E-state index is 12.0. The minimum absolute atomic E-state index is 0.0437. The van der Waals surface area contributed by atoms with Crippen LogP contribution in [0.1, 0.15) is 35.7 Å². The normalized spacial score (nSPS) is 19.0. The first-order valence-electron chi connectivity index (χ1n) is 7.00. The summed E-state index contributed by atoms with van der Waals surface area (Å²) in [6, 6.07) is 4.19. The molecular formula is C15H20N2O4. The monoisotopic (exact) mass is 292 g/mol. The fraction of sp³-hybridized carbons (Fsp3) is 0.467. The molecule has 0 spiro atoms. The van der Waals surface area contributed by atoms with E-state index in [2.05, 4.69) is 10.6 Å². The second-order valence-electron chi connectivity index (χ2n) is 5.27. The number of nitrogens with one attached hydrogen (secondary N) is 2. The van der Waals surface area contributed by atoms with Crippen molar-refractivity contribution >= 4 is 17.7 Å². The number of hydrogen-bond acceptors (Lipinski definition) is 3. The lowest BCUT2D eigenvalue weighted by Gasteiger charge is -2.20. The van der Waals surface area contributed by atoms with Crippen LogP contribution in [-0.2, 0) is 4.74 Å². The van der Waals surface area contributed by atoms with Crippen molar-refractivity contribution in [3.05, 3.63) is 29.3 Å². The van der Waals surface area contributed by atoms with Crippen LogP contribution in [0.2, 0.25) is 0 Å². The number of urea groups is 1. The number of rotatable bonds is 4. The molecule has 0 radical (unpaired) electrons. The Kier molecular flexibility index (Phi) is 4.80. The van der Waals surface area contributed by atoms with Gasteiger partial charge in [-0.3, -0.25) is 0 Å². The largest absolute Gasteiger partial charge is 0.478 e. The molecule has 0 bridgehead atoms. The van der Waals surface area contributed by atoms with Crippen molar-refractivity contribution in [3.8, 4) is 0 Å². The van der Waals surface area contributed by atoms with Crippen molar-refractivity contribution in [2.24, 2.45) is 0 Å². The van der Waals surface area contributed by atoms with E-state index in [0.717, 1.165) is 25.0 Å². The van der Waals surface area contributed by atoms with Crippen molar-refractivity contribution in [3.63, 3.8) is 0 Å². The minimum Gasteiger partial charge on any atom is -0.478 e. The van der Waals surface area contributed by atoms with Gasteiger partial charge in [0, 0.05) is 12.3 Å². The number of carboxylic acids is 1. The van der Waals surface area contributed by atoms with Crippen molar-refractivity contribution < 1.29 is 19.4 Å². The summed E-state index contributed by atoms with van der Waals surface area (Å²) in [5.74, 6) is -1.02. The summed E-state index contributed by atoms with van der Waals surface area (Å²) in [6.45, 7) is 4.44. The number of aromatic carboxylic acids is 1. The zero-order valence-electron chi connectivity index (χ0n) is 12.2. The van der Waals surface area contributed by atoms with Gasteiger partial charge in [0.25, 0.3) is 0 Å². The zero-order valence-corrected chi connectivity index (χ0v) is 12.2. The molecule has 1 saturated heterocycles. The molecular weight excluding hydrogens is 272 g/mol. The van der Waals surface area contributed by atoms with E-state index >= 15 is 0 Å². The van der Waals surface area contributed by atoms with Crippen LogP contribution in [0.5, 0.6) is 0 Å². The molecule has 21 heavy (non-hydrogen) atoms. The van der Waals surface area contributed by atoms with Crippen LogP contribution in [0.25, 0.3) is 0 Å². The second kappa shape index (κ2) is 6.58. The molecule has 2 amide bonds. The van der Waals surface area contributed by atoms with E-state index in [-0.39, 0.29) is 23.7 Å². The first kappa shape index (κ1) is 15.3. The van der Waals surface area contributed by atoms with E-state index in [1.165, 1.54) is 12.1 Å². The van der Waals surface area contributed by atoms with Crippen LogP contribution in [-0.4, -0.2) is 35.9 Å². The fourth-order valence-electron chi connectivity index (χ4n) is 2.34. The van der Waals surface area contributed by atoms with Crippen LogP contribution in [0.4, 0.5) is 10.5 Å². The Bertz CT molecular complexity index is 538. The predicted octanol–water partition coefficient (Wildman–Crippen LogP) is 2.38. The van der Waals surface area contributed by atoms with E-state index in [4.69, 9.17) is 9.84 Å². The van der Waals surface area contributed by atoms with Crippen LogP contribution < -0.4 is 10.6 Å². The standard InChI is InChI=1S/C15H20N2O4/c1-9-5-6-11(14(18)19)8-12(9)17-15(20)16-10(2)13-4-3-7-21-13/h5-6,8,10,13H,3-4,7H2,1-2H3,(H,18,19)(H2,16,17,20). The first-order valence-corrected chi connectivity index (χ1v) is 7.00. The summed E-state index contributed by atoms with van der Waals surface area (Å²) in [5.41, 5.74) is 1.44. The van der Waals surface area contributed by atoms with Crippen molar-refractivity contribution in [2.45, 2.75) is 38.8 Å². The Hall–Kier alpha value is -2.08. The van der Waals surface area contributed by atoms with Gasteiger partial charge in [-0.2, -0.15) is 0 Å². The van der Waals surface area contributed by atoms with Crippen LogP contribution in [0, 0.1) is 6.92 Å². The summed E-state index contributed by atoms with van der Waals surface area (Å²) >= 11 is 0. The average molecular weight is 292 g/mol. The van der Waals surface area contributed by atoms with Gasteiger partial charge in [0.1, 0.15) is 0 Å². The van der Waals surface area contributed by atoms with Crippen molar-refractivity contribution in [1.82, 2.24) is 5.32 Å². The molecule has 1 aromatic carbocycles. The molecule has 114 valence electrons. The topological polar surface area (TPSA) is 87.7 Å². The number of aryl methyl sites for hydroxylation is 1. The van der Waals surface area contributed by atoms with E-state index in [9.17, 15) is 9.59 Å². The number of carboxylic acid groups (broad SMARTS) is 1. The molecule has 6 heteroatoms. The van der Waals surface area contributed by atoms with Gasteiger partial charge in [-0.1, -0.05) is 6.07 Å². The minimum atomic E-state index is -1.02. The number of ether oxygens (including phenoxy) is 1.